The number of hydrogen-bond acceptors (Lipinski definition) is 12. The van der Waals surface area contributed by atoms with Gasteiger partial charge in [-0.25, -0.2) is 0 Å². The van der Waals surface area contributed by atoms with Crippen molar-refractivity contribution in [1.29, 1.82) is 0 Å². The second-order valence-corrected chi connectivity index (χ2v) is 14.6. The van der Waals surface area contributed by atoms with Crippen molar-refractivity contribution >= 4 is 59.3 Å². The van der Waals surface area contributed by atoms with Gasteiger partial charge >= 0.3 is 0 Å². The molecule has 0 saturated carbocycles. The van der Waals surface area contributed by atoms with Crippen molar-refractivity contribution in [1.82, 2.24) is 5.32 Å². The minimum absolute atomic E-state index is 0.0227. The third-order valence-electron chi connectivity index (χ3n) is 10.7. The maximum Gasteiger partial charge on any atom is 0.238 e. The first kappa shape index (κ1) is 41.2. The molecule has 1 amide bonds. The van der Waals surface area contributed by atoms with Crippen LogP contribution in [0.15, 0.2) is 101 Å². The Hall–Kier alpha value is -6.99. The fourth-order valence-electron chi connectivity index (χ4n) is 7.55. The van der Waals surface area contributed by atoms with Crippen LogP contribution in [0.5, 0.6) is 23.0 Å². The summed E-state index contributed by atoms with van der Waals surface area (Å²) < 4.78 is 23.9. The third kappa shape index (κ3) is 9.16. The monoisotopic (exact) mass is 808 g/mol. The molecule has 60 heavy (non-hydrogen) atoms. The molecule has 2 aliphatic heterocycles. The summed E-state index contributed by atoms with van der Waals surface area (Å²) in [4.78, 5) is 50.8. The summed E-state index contributed by atoms with van der Waals surface area (Å²) in [6.45, 7) is 0.281. The van der Waals surface area contributed by atoms with Gasteiger partial charge in [-0.3, -0.25) is 24.4 Å². The van der Waals surface area contributed by atoms with Crippen molar-refractivity contribution in [3.05, 3.63) is 124 Å². The molecular formula is C47H48N6O7. The summed E-state index contributed by atoms with van der Waals surface area (Å²) in [5.74, 6) is 1.30. The summed E-state index contributed by atoms with van der Waals surface area (Å²) in [5.41, 5.74) is 8.41. The van der Waals surface area contributed by atoms with Crippen LogP contribution in [-0.4, -0.2) is 84.9 Å². The Labute approximate surface area is 349 Å². The molecule has 2 heterocycles. The van der Waals surface area contributed by atoms with Gasteiger partial charge in [0.1, 0.15) is 13.2 Å². The minimum Gasteiger partial charge on any atom is -0.493 e. The van der Waals surface area contributed by atoms with Crippen LogP contribution in [0.2, 0.25) is 0 Å². The Morgan fingerprint density at radius 2 is 1.15 bits per heavy atom. The summed E-state index contributed by atoms with van der Waals surface area (Å²) in [7, 11) is 8.78. The lowest BCUT2D eigenvalue weighted by atomic mass is 10.1. The van der Waals surface area contributed by atoms with E-state index in [1.807, 2.05) is 69.0 Å². The molecule has 0 spiro atoms. The molecule has 13 heteroatoms. The molecule has 0 aliphatic carbocycles. The average Bonchev–Trinajstić information content (AvgIpc) is 3.77. The van der Waals surface area contributed by atoms with Crippen LogP contribution in [0, 0.1) is 0 Å². The predicted molar refractivity (Wildman–Crippen MR) is 235 cm³/mol. The van der Waals surface area contributed by atoms with Gasteiger partial charge in [0.2, 0.25) is 5.91 Å². The fourth-order valence-corrected chi connectivity index (χ4v) is 7.55. The molecule has 308 valence electrons. The van der Waals surface area contributed by atoms with E-state index in [0.29, 0.717) is 51.2 Å². The van der Waals surface area contributed by atoms with Gasteiger partial charge in [0.15, 0.2) is 35.6 Å². The van der Waals surface area contributed by atoms with E-state index in [2.05, 4.69) is 44.7 Å². The Morgan fingerprint density at radius 3 is 1.57 bits per heavy atom. The van der Waals surface area contributed by atoms with E-state index in [9.17, 15) is 14.4 Å². The van der Waals surface area contributed by atoms with Crippen LogP contribution in [0.3, 0.4) is 0 Å². The molecule has 13 nitrogen and oxygen atoms in total. The van der Waals surface area contributed by atoms with Crippen molar-refractivity contribution in [3.63, 3.8) is 0 Å². The number of methoxy groups -OCH3 is 2. The highest BCUT2D eigenvalue weighted by atomic mass is 16.5. The number of amides is 1. The molecule has 7 rings (SSSR count). The van der Waals surface area contributed by atoms with Crippen LogP contribution < -0.4 is 39.4 Å². The van der Waals surface area contributed by atoms with Crippen molar-refractivity contribution in [2.75, 3.05) is 57.0 Å². The topological polar surface area (TPSA) is 143 Å². The van der Waals surface area contributed by atoms with Crippen LogP contribution in [0.25, 0.3) is 0 Å². The zero-order valence-electron chi connectivity index (χ0n) is 34.3. The smallest absolute Gasteiger partial charge is 0.238 e. The number of rotatable bonds is 17. The van der Waals surface area contributed by atoms with Crippen LogP contribution >= 0.6 is 0 Å². The molecule has 0 fully saturated rings. The molecular weight excluding hydrogens is 761 g/mol. The highest BCUT2D eigenvalue weighted by molar-refractivity contribution is 5.92. The first-order chi connectivity index (χ1) is 29.2. The average molecular weight is 809 g/mol. The molecule has 1 unspecified atom stereocenters. The number of benzene rings is 5. The van der Waals surface area contributed by atoms with Gasteiger partial charge in [0, 0.05) is 66.8 Å². The lowest BCUT2D eigenvalue weighted by Crippen LogP contribution is -2.28. The van der Waals surface area contributed by atoms with E-state index in [1.165, 1.54) is 25.3 Å². The molecule has 5 aromatic rings. The number of hydrogen-bond donors (Lipinski definition) is 2. The van der Waals surface area contributed by atoms with Gasteiger partial charge in [-0.2, -0.15) is 0 Å². The second-order valence-electron chi connectivity index (χ2n) is 14.6. The van der Waals surface area contributed by atoms with Crippen molar-refractivity contribution < 1.29 is 33.3 Å². The molecule has 0 radical (unpaired) electrons. The van der Waals surface area contributed by atoms with Gasteiger partial charge < -0.3 is 39.4 Å². The van der Waals surface area contributed by atoms with E-state index in [0.717, 1.165) is 47.9 Å². The number of anilines is 3. The van der Waals surface area contributed by atoms with E-state index < -0.39 is 0 Å². The molecule has 2 N–H and O–H groups in total. The number of para-hydroxylation sites is 2. The standard InChI is InChI=1S/C47H48N6O7/c1-48-25-47(56)51-36-15-30(28-59-45-21-39(34(26-54)19-43(45)57-4)49-23-37-17-32-10-6-8-12-41(32)52(37)2)14-31(16-36)29-60-46-22-40(35(27-55)20-44(46)58-5)50-24-38-18-33-11-7-9-13-42(33)53(38)3/h6-16,19-24,26-27,37-38,48H,17-18,25,28-29H2,1-5H3,(H,51,56)/t37-,38?/m0/s1. The summed E-state index contributed by atoms with van der Waals surface area (Å²) in [6.07, 6.45) is 6.82. The lowest BCUT2D eigenvalue weighted by molar-refractivity contribution is -0.115. The van der Waals surface area contributed by atoms with Gasteiger partial charge in [0.25, 0.3) is 0 Å². The number of likely N-dealkylation sites (N-methyl/N-ethyl adjacent to an activating group) is 3. The van der Waals surface area contributed by atoms with Gasteiger partial charge in [-0.05, 0) is 84.6 Å². The van der Waals surface area contributed by atoms with Crippen molar-refractivity contribution in [2.45, 2.75) is 38.1 Å². The zero-order valence-corrected chi connectivity index (χ0v) is 34.3. The number of aldehydes is 2. The zero-order chi connectivity index (χ0) is 42.2. The highest BCUT2D eigenvalue weighted by Crippen LogP contribution is 2.38. The summed E-state index contributed by atoms with van der Waals surface area (Å²) >= 11 is 0. The maximum absolute atomic E-state index is 12.7. The van der Waals surface area contributed by atoms with Crippen LogP contribution in [-0.2, 0) is 30.8 Å². The number of ether oxygens (including phenoxy) is 4. The molecule has 2 atom stereocenters. The number of aliphatic imine (C=N–C) groups is 2. The lowest BCUT2D eigenvalue weighted by Gasteiger charge is -2.19. The summed E-state index contributed by atoms with van der Waals surface area (Å²) in [5, 5.41) is 5.80. The van der Waals surface area contributed by atoms with Gasteiger partial charge in [-0.15, -0.1) is 0 Å². The minimum atomic E-state index is -0.225. The highest BCUT2D eigenvalue weighted by Gasteiger charge is 2.26. The van der Waals surface area contributed by atoms with Crippen LogP contribution in [0.4, 0.5) is 28.4 Å². The molecule has 5 aromatic carbocycles. The van der Waals surface area contributed by atoms with E-state index in [4.69, 9.17) is 28.9 Å². The number of nitrogens with zero attached hydrogens (tertiary/aromatic N) is 4. The maximum atomic E-state index is 12.7. The predicted octanol–water partition coefficient (Wildman–Crippen LogP) is 7.17. The van der Waals surface area contributed by atoms with Crippen LogP contribution in [0.1, 0.15) is 43.0 Å². The van der Waals surface area contributed by atoms with E-state index >= 15 is 0 Å². The SMILES string of the molecule is CNCC(=O)Nc1cc(COc2cc(N=CC3Cc4ccccc4N3C)c(C=O)cc2OC)cc(COc2cc(N=C[C@@H]3Cc4ccccc4N3C)c(C=O)cc2OC)c1. The second kappa shape index (κ2) is 18.7. The normalized spacial score (nSPS) is 15.6. The number of fused-ring (bicyclic) bond motifs is 2. The number of carbonyl (C=O) groups excluding carboxylic acids is 3. The Kier molecular flexibility index (Phi) is 12.9. The Morgan fingerprint density at radius 1 is 0.683 bits per heavy atom. The van der Waals surface area contributed by atoms with Crippen molar-refractivity contribution in [3.8, 4) is 23.0 Å². The van der Waals surface area contributed by atoms with E-state index in [-0.39, 0.29) is 37.7 Å². The van der Waals surface area contributed by atoms with E-state index in [1.54, 1.807) is 31.3 Å². The third-order valence-corrected chi connectivity index (χ3v) is 10.7. The van der Waals surface area contributed by atoms with Crippen molar-refractivity contribution in [2.24, 2.45) is 9.98 Å². The quantitative estimate of drug-likeness (QED) is 0.0733. The number of carbonyl (C=O) groups is 3. The van der Waals surface area contributed by atoms with Gasteiger partial charge in [0.05, 0.1) is 44.2 Å². The molecule has 2 aliphatic rings. The Bertz CT molecular complexity index is 2290. The molecule has 0 bridgehead atoms. The molecule has 0 saturated heterocycles. The largest absolute Gasteiger partial charge is 0.493 e. The number of nitrogens with one attached hydrogen (secondary N) is 2. The fraction of sp³-hybridized carbons (Fsp3) is 0.255. The van der Waals surface area contributed by atoms with Gasteiger partial charge in [-0.1, -0.05) is 36.4 Å². The molecule has 0 aromatic heterocycles. The first-order valence-electron chi connectivity index (χ1n) is 19.6. The Balaban J connectivity index is 1.11. The summed E-state index contributed by atoms with van der Waals surface area (Å²) in [6, 6.07) is 28.7. The first-order valence-corrected chi connectivity index (χ1v) is 19.6.